The van der Waals surface area contributed by atoms with E-state index >= 15 is 0 Å². The molecule has 0 amide bonds. The van der Waals surface area contributed by atoms with Crippen molar-refractivity contribution < 1.29 is 17.9 Å². The zero-order valence-corrected chi connectivity index (χ0v) is 14.4. The van der Waals surface area contributed by atoms with E-state index in [1.54, 1.807) is 11.2 Å². The average molecular weight is 317 g/mol. The maximum Gasteiger partial charge on any atom is 0.246 e. The first kappa shape index (κ1) is 18.2. The minimum atomic E-state index is -3.61. The third-order valence-corrected chi connectivity index (χ3v) is 5.59. The molecule has 0 aliphatic heterocycles. The first-order valence-corrected chi connectivity index (χ1v) is 8.93. The fraction of sp³-hybridized carbons (Fsp3) is 0.733. The van der Waals surface area contributed by atoms with Crippen LogP contribution in [-0.2, 0) is 16.6 Å². The molecular formula is C15H27NO4S. The van der Waals surface area contributed by atoms with E-state index in [1.807, 2.05) is 27.7 Å². The molecule has 5 nitrogen and oxygen atoms in total. The van der Waals surface area contributed by atoms with Crippen LogP contribution >= 0.6 is 0 Å². The van der Waals surface area contributed by atoms with Crippen molar-refractivity contribution in [1.82, 2.24) is 4.31 Å². The van der Waals surface area contributed by atoms with E-state index in [2.05, 4.69) is 0 Å². The molecule has 0 aliphatic rings. The highest BCUT2D eigenvalue weighted by Gasteiger charge is 2.33. The van der Waals surface area contributed by atoms with Gasteiger partial charge in [-0.1, -0.05) is 27.7 Å². The number of hydrogen-bond donors (Lipinski definition) is 1. The predicted molar refractivity (Wildman–Crippen MR) is 82.5 cm³/mol. The molecule has 122 valence electrons. The van der Waals surface area contributed by atoms with Crippen molar-refractivity contribution in [2.24, 2.45) is 5.92 Å². The molecule has 0 saturated heterocycles. The van der Waals surface area contributed by atoms with Gasteiger partial charge < -0.3 is 9.52 Å². The van der Waals surface area contributed by atoms with E-state index in [-0.39, 0.29) is 29.2 Å². The molecule has 1 heterocycles. The van der Waals surface area contributed by atoms with Crippen LogP contribution in [0.1, 0.15) is 52.1 Å². The summed E-state index contributed by atoms with van der Waals surface area (Å²) in [6.45, 7) is 9.81. The summed E-state index contributed by atoms with van der Waals surface area (Å²) in [7, 11) is -3.61. The van der Waals surface area contributed by atoms with Crippen molar-refractivity contribution in [2.45, 2.75) is 65.0 Å². The monoisotopic (exact) mass is 317 g/mol. The van der Waals surface area contributed by atoms with Crippen LogP contribution in [0, 0.1) is 12.8 Å². The second-order valence-corrected chi connectivity index (χ2v) is 7.59. The second kappa shape index (κ2) is 7.42. The van der Waals surface area contributed by atoms with Crippen LogP contribution in [0.3, 0.4) is 0 Å². The van der Waals surface area contributed by atoms with E-state index < -0.39 is 10.0 Å². The first-order chi connectivity index (χ1) is 9.77. The predicted octanol–water partition coefficient (Wildman–Crippen LogP) is 2.92. The fourth-order valence-electron chi connectivity index (χ4n) is 2.48. The zero-order valence-electron chi connectivity index (χ0n) is 13.6. The van der Waals surface area contributed by atoms with Crippen LogP contribution in [0.5, 0.6) is 0 Å². The number of nitrogens with zero attached hydrogens (tertiary/aromatic N) is 1. The van der Waals surface area contributed by atoms with Crippen molar-refractivity contribution >= 4 is 10.0 Å². The molecule has 0 unspecified atom stereocenters. The second-order valence-electron chi connectivity index (χ2n) is 5.73. The van der Waals surface area contributed by atoms with Gasteiger partial charge in [0.25, 0.3) is 0 Å². The molecule has 1 rings (SSSR count). The zero-order chi connectivity index (χ0) is 16.2. The minimum Gasteiger partial charge on any atom is -0.462 e. The van der Waals surface area contributed by atoms with Crippen LogP contribution in [0.4, 0.5) is 0 Å². The molecule has 0 atom stereocenters. The Bertz CT molecular complexity index is 544. The molecule has 0 fully saturated rings. The van der Waals surface area contributed by atoms with Gasteiger partial charge in [0.2, 0.25) is 10.0 Å². The summed E-state index contributed by atoms with van der Waals surface area (Å²) in [5.74, 6) is 0.851. The number of furan rings is 1. The maximum absolute atomic E-state index is 13.0. The van der Waals surface area contributed by atoms with Crippen LogP contribution in [0.15, 0.2) is 15.4 Å². The number of aliphatic hydroxyl groups is 1. The number of sulfonamides is 1. The molecule has 0 radical (unpaired) electrons. The summed E-state index contributed by atoms with van der Waals surface area (Å²) < 4.78 is 32.8. The van der Waals surface area contributed by atoms with Crippen LogP contribution in [0.2, 0.25) is 0 Å². The molecule has 0 aromatic carbocycles. The number of aryl methyl sites for hydroxylation is 1. The Hall–Kier alpha value is -0.850. The molecule has 1 N–H and O–H groups in total. The van der Waals surface area contributed by atoms with Gasteiger partial charge in [0.05, 0.1) is 0 Å². The van der Waals surface area contributed by atoms with Gasteiger partial charge in [-0.25, -0.2) is 8.42 Å². The Labute approximate surface area is 128 Å². The Morgan fingerprint density at radius 2 is 1.86 bits per heavy atom. The molecule has 0 bridgehead atoms. The van der Waals surface area contributed by atoms with E-state index in [4.69, 9.17) is 9.52 Å². The van der Waals surface area contributed by atoms with Gasteiger partial charge in [0, 0.05) is 18.7 Å². The normalized spacial score (nSPS) is 12.8. The summed E-state index contributed by atoms with van der Waals surface area (Å²) in [5.41, 5.74) is 0. The molecule has 0 saturated carbocycles. The molecule has 0 spiro atoms. The summed E-state index contributed by atoms with van der Waals surface area (Å²) in [6.07, 6.45) is 1.54. The quantitative estimate of drug-likeness (QED) is 0.800. The fourth-order valence-corrected chi connectivity index (χ4v) is 4.61. The van der Waals surface area contributed by atoms with Crippen molar-refractivity contribution in [2.75, 3.05) is 6.54 Å². The van der Waals surface area contributed by atoms with Crippen LogP contribution in [-0.4, -0.2) is 30.4 Å². The van der Waals surface area contributed by atoms with Gasteiger partial charge >= 0.3 is 0 Å². The van der Waals surface area contributed by atoms with Gasteiger partial charge in [0.15, 0.2) is 0 Å². The Morgan fingerprint density at radius 1 is 1.29 bits per heavy atom. The lowest BCUT2D eigenvalue weighted by atomic mass is 10.1. The van der Waals surface area contributed by atoms with Crippen molar-refractivity contribution in [3.63, 3.8) is 0 Å². The molecule has 21 heavy (non-hydrogen) atoms. The van der Waals surface area contributed by atoms with Gasteiger partial charge in [-0.05, 0) is 25.7 Å². The van der Waals surface area contributed by atoms with Gasteiger partial charge in [-0.2, -0.15) is 4.31 Å². The smallest absolute Gasteiger partial charge is 0.246 e. The lowest BCUT2D eigenvalue weighted by Gasteiger charge is -2.30. The number of aliphatic hydroxyl groups excluding tert-OH is 1. The standard InChI is InChI=1S/C15H27NO4S/c1-6-13(7-2)16(9-11(3)4)21(18,19)15-8-14(10-17)20-12(15)5/h8,11,13,17H,6-7,9-10H2,1-5H3. The van der Waals surface area contributed by atoms with E-state index in [9.17, 15) is 8.42 Å². The van der Waals surface area contributed by atoms with E-state index in [1.165, 1.54) is 6.07 Å². The Kier molecular flexibility index (Phi) is 6.43. The van der Waals surface area contributed by atoms with Crippen molar-refractivity contribution in [3.8, 4) is 0 Å². The molecular weight excluding hydrogens is 290 g/mol. The van der Waals surface area contributed by atoms with Crippen molar-refractivity contribution in [3.05, 3.63) is 17.6 Å². The molecule has 6 heteroatoms. The SMILES string of the molecule is CCC(CC)N(CC(C)C)S(=O)(=O)c1cc(CO)oc1C. The topological polar surface area (TPSA) is 70.8 Å². The summed E-state index contributed by atoms with van der Waals surface area (Å²) in [4.78, 5) is 0.166. The minimum absolute atomic E-state index is 0.0238. The summed E-state index contributed by atoms with van der Waals surface area (Å²) >= 11 is 0. The van der Waals surface area contributed by atoms with Crippen LogP contribution < -0.4 is 0 Å². The third-order valence-electron chi connectivity index (χ3n) is 3.56. The van der Waals surface area contributed by atoms with Crippen LogP contribution in [0.25, 0.3) is 0 Å². The van der Waals surface area contributed by atoms with Gasteiger partial charge in [-0.3, -0.25) is 0 Å². The van der Waals surface area contributed by atoms with Gasteiger partial charge in [0.1, 0.15) is 23.0 Å². The average Bonchev–Trinajstić information content (AvgIpc) is 2.80. The highest BCUT2D eigenvalue weighted by Crippen LogP contribution is 2.27. The highest BCUT2D eigenvalue weighted by atomic mass is 32.2. The maximum atomic E-state index is 13.0. The lowest BCUT2D eigenvalue weighted by molar-refractivity contribution is 0.244. The summed E-state index contributed by atoms with van der Waals surface area (Å²) in [5, 5.41) is 9.12. The number of hydrogen-bond acceptors (Lipinski definition) is 4. The van der Waals surface area contributed by atoms with E-state index in [0.717, 1.165) is 12.8 Å². The Balaban J connectivity index is 3.28. The largest absolute Gasteiger partial charge is 0.462 e. The van der Waals surface area contributed by atoms with Gasteiger partial charge in [-0.15, -0.1) is 0 Å². The van der Waals surface area contributed by atoms with Crippen molar-refractivity contribution in [1.29, 1.82) is 0 Å². The number of rotatable bonds is 8. The Morgan fingerprint density at radius 3 is 2.24 bits per heavy atom. The molecule has 0 aliphatic carbocycles. The third kappa shape index (κ3) is 4.08. The van der Waals surface area contributed by atoms with E-state index in [0.29, 0.717) is 12.3 Å². The first-order valence-electron chi connectivity index (χ1n) is 7.49. The molecule has 1 aromatic heterocycles. The molecule has 1 aromatic rings. The summed E-state index contributed by atoms with van der Waals surface area (Å²) in [6, 6.07) is 1.41. The highest BCUT2D eigenvalue weighted by molar-refractivity contribution is 7.89. The lowest BCUT2D eigenvalue weighted by Crippen LogP contribution is -2.42.